The Labute approximate surface area is 341 Å². The standard InChI is InChI=1S/C55H47N3/c1-54(2)47-20-12-10-18-41(47)45-32-38(25-28-49(45)54)37-24-27-43(44(31-37)39-26-29-50-46(33-39)42-19-11-13-21-48(42)55(50,3)4)53-57-51(35-15-6-5-7-16-35)56-52(58-53)40-23-22-34-14-8-9-17-36(34)30-40/h5-28,30-33,50-52,56H,29H2,1-4H3,(H,57,58). The summed E-state index contributed by atoms with van der Waals surface area (Å²) in [6.07, 6.45) is 5.59. The van der Waals surface area contributed by atoms with Gasteiger partial charge >= 0.3 is 0 Å². The average molecular weight is 750 g/mol. The van der Waals surface area contributed by atoms with Gasteiger partial charge < -0.3 is 5.32 Å². The molecule has 7 aromatic rings. The zero-order valence-corrected chi connectivity index (χ0v) is 33.6. The molecular weight excluding hydrogens is 703 g/mol. The Hall–Kier alpha value is -6.29. The molecule has 58 heavy (non-hydrogen) atoms. The molecule has 3 aliphatic carbocycles. The van der Waals surface area contributed by atoms with Gasteiger partial charge in [0.1, 0.15) is 18.2 Å². The molecule has 0 spiro atoms. The first-order chi connectivity index (χ1) is 28.2. The van der Waals surface area contributed by atoms with E-state index >= 15 is 0 Å². The number of allylic oxidation sites excluding steroid dienone is 4. The lowest BCUT2D eigenvalue weighted by molar-refractivity contribution is 0.409. The van der Waals surface area contributed by atoms with Gasteiger partial charge in [0.2, 0.25) is 0 Å². The first-order valence-electron chi connectivity index (χ1n) is 20.8. The number of nitrogens with one attached hydrogen (secondary N) is 2. The van der Waals surface area contributed by atoms with Gasteiger partial charge in [0.25, 0.3) is 0 Å². The van der Waals surface area contributed by atoms with Crippen molar-refractivity contribution in [2.45, 2.75) is 57.3 Å². The normalized spacial score (nSPS) is 20.8. The van der Waals surface area contributed by atoms with Crippen LogP contribution in [-0.4, -0.2) is 5.84 Å². The van der Waals surface area contributed by atoms with Crippen molar-refractivity contribution >= 4 is 27.8 Å². The lowest BCUT2D eigenvalue weighted by atomic mass is 9.73. The highest BCUT2D eigenvalue weighted by Crippen LogP contribution is 2.55. The summed E-state index contributed by atoms with van der Waals surface area (Å²) in [6.45, 7) is 9.53. The lowest BCUT2D eigenvalue weighted by Crippen LogP contribution is -2.45. The van der Waals surface area contributed by atoms with E-state index in [1.807, 2.05) is 0 Å². The van der Waals surface area contributed by atoms with Gasteiger partial charge in [0.15, 0.2) is 0 Å². The number of fused-ring (bicyclic) bond motifs is 7. The van der Waals surface area contributed by atoms with Crippen LogP contribution in [0.3, 0.4) is 0 Å². The van der Waals surface area contributed by atoms with E-state index in [1.165, 1.54) is 77.6 Å². The summed E-state index contributed by atoms with van der Waals surface area (Å²) >= 11 is 0. The summed E-state index contributed by atoms with van der Waals surface area (Å²) in [4.78, 5) is 5.52. The summed E-state index contributed by atoms with van der Waals surface area (Å²) in [5, 5.41) is 10.2. The van der Waals surface area contributed by atoms with Gasteiger partial charge in [-0.15, -0.1) is 0 Å². The van der Waals surface area contributed by atoms with E-state index in [9.17, 15) is 0 Å². The molecule has 1 heterocycles. The van der Waals surface area contributed by atoms with E-state index in [-0.39, 0.29) is 23.2 Å². The van der Waals surface area contributed by atoms with Crippen molar-refractivity contribution in [2.24, 2.45) is 10.9 Å². The molecule has 3 unspecified atom stereocenters. The molecule has 3 atom stereocenters. The SMILES string of the molecule is CC1(C)c2ccccc2-c2cc(-c3ccc(C4=NC(c5ccc6ccccc6c5)NC(c5ccccc5)N4)c(C4=CCC5C(=C4)c4ccccc4C5(C)C)c3)ccc21. The summed E-state index contributed by atoms with van der Waals surface area (Å²) in [7, 11) is 0. The van der Waals surface area contributed by atoms with E-state index < -0.39 is 0 Å². The molecule has 2 N–H and O–H groups in total. The minimum absolute atomic E-state index is 0.0316. The van der Waals surface area contributed by atoms with Crippen LogP contribution >= 0.6 is 0 Å². The van der Waals surface area contributed by atoms with Gasteiger partial charge in [0.05, 0.1) is 0 Å². The van der Waals surface area contributed by atoms with E-state index in [1.54, 1.807) is 0 Å². The molecule has 7 aromatic carbocycles. The van der Waals surface area contributed by atoms with Crippen molar-refractivity contribution in [1.82, 2.24) is 10.6 Å². The van der Waals surface area contributed by atoms with Crippen LogP contribution in [0.1, 0.15) is 91.0 Å². The van der Waals surface area contributed by atoms with E-state index in [0.29, 0.717) is 5.92 Å². The first kappa shape index (κ1) is 34.9. The average Bonchev–Trinajstić information content (AvgIpc) is 3.65. The second-order valence-electron chi connectivity index (χ2n) is 17.6. The lowest BCUT2D eigenvalue weighted by Gasteiger charge is -2.33. The minimum Gasteiger partial charge on any atom is -0.350 e. The van der Waals surface area contributed by atoms with Crippen molar-refractivity contribution in [3.05, 3.63) is 214 Å². The van der Waals surface area contributed by atoms with Gasteiger partial charge in [-0.3, -0.25) is 5.32 Å². The second kappa shape index (κ2) is 13.1. The van der Waals surface area contributed by atoms with Gasteiger partial charge in [-0.25, -0.2) is 4.99 Å². The fraction of sp³-hybridized carbons (Fsp3) is 0.182. The number of rotatable bonds is 5. The molecule has 3 nitrogen and oxygen atoms in total. The van der Waals surface area contributed by atoms with Gasteiger partial charge in [0, 0.05) is 11.0 Å². The highest BCUT2D eigenvalue weighted by atomic mass is 15.3. The molecule has 4 aliphatic rings. The molecule has 0 bridgehead atoms. The Bertz CT molecular complexity index is 2890. The summed E-state index contributed by atoms with van der Waals surface area (Å²) in [5.74, 6) is 1.33. The second-order valence-corrected chi connectivity index (χ2v) is 17.6. The molecule has 11 rings (SSSR count). The molecule has 0 aromatic heterocycles. The predicted octanol–water partition coefficient (Wildman–Crippen LogP) is 12.9. The third-order valence-corrected chi connectivity index (χ3v) is 13.7. The fourth-order valence-electron chi connectivity index (χ4n) is 10.4. The van der Waals surface area contributed by atoms with Crippen molar-refractivity contribution < 1.29 is 0 Å². The van der Waals surface area contributed by atoms with Crippen LogP contribution in [0.25, 0.3) is 44.2 Å². The Morgan fingerprint density at radius 2 is 1.21 bits per heavy atom. The van der Waals surface area contributed by atoms with E-state index in [0.717, 1.165) is 23.4 Å². The molecular formula is C55H47N3. The quantitative estimate of drug-likeness (QED) is 0.184. The Kier molecular flexibility index (Phi) is 7.90. The number of benzene rings is 7. The van der Waals surface area contributed by atoms with Gasteiger partial charge in [-0.2, -0.15) is 0 Å². The Morgan fingerprint density at radius 3 is 2.03 bits per heavy atom. The van der Waals surface area contributed by atoms with Crippen LogP contribution in [0.4, 0.5) is 0 Å². The number of aliphatic imine (C=N–C) groups is 1. The maximum absolute atomic E-state index is 5.52. The topological polar surface area (TPSA) is 36.4 Å². The highest BCUT2D eigenvalue weighted by molar-refractivity contribution is 6.06. The fourth-order valence-corrected chi connectivity index (χ4v) is 10.4. The maximum atomic E-state index is 5.52. The molecule has 0 saturated carbocycles. The molecule has 282 valence electrons. The minimum atomic E-state index is -0.246. The van der Waals surface area contributed by atoms with Crippen molar-refractivity contribution in [3.8, 4) is 22.3 Å². The summed E-state index contributed by atoms with van der Waals surface area (Å²) in [6, 6.07) is 58.1. The largest absolute Gasteiger partial charge is 0.350 e. The third kappa shape index (κ3) is 5.48. The number of hydrogen-bond acceptors (Lipinski definition) is 3. The van der Waals surface area contributed by atoms with Gasteiger partial charge in [-0.1, -0.05) is 179 Å². The summed E-state index contributed by atoms with van der Waals surface area (Å²) < 4.78 is 0. The van der Waals surface area contributed by atoms with Crippen LogP contribution in [0.5, 0.6) is 0 Å². The van der Waals surface area contributed by atoms with Crippen molar-refractivity contribution in [3.63, 3.8) is 0 Å². The van der Waals surface area contributed by atoms with Gasteiger partial charge in [-0.05, 0) is 119 Å². The molecule has 0 fully saturated rings. The maximum Gasteiger partial charge on any atom is 0.132 e. The van der Waals surface area contributed by atoms with Crippen LogP contribution in [0.15, 0.2) is 175 Å². The van der Waals surface area contributed by atoms with Crippen LogP contribution in [0, 0.1) is 5.92 Å². The molecule has 0 radical (unpaired) electrons. The number of hydrogen-bond donors (Lipinski definition) is 2. The molecule has 3 heteroatoms. The molecule has 0 saturated heterocycles. The smallest absolute Gasteiger partial charge is 0.132 e. The zero-order valence-electron chi connectivity index (χ0n) is 33.6. The Balaban J connectivity index is 1.08. The summed E-state index contributed by atoms with van der Waals surface area (Å²) in [5.41, 5.74) is 18.1. The number of amidine groups is 1. The third-order valence-electron chi connectivity index (χ3n) is 13.7. The zero-order chi connectivity index (χ0) is 39.2. The van der Waals surface area contributed by atoms with Crippen LogP contribution in [0.2, 0.25) is 0 Å². The van der Waals surface area contributed by atoms with Crippen LogP contribution < -0.4 is 10.6 Å². The predicted molar refractivity (Wildman–Crippen MR) is 242 cm³/mol. The molecule has 0 amide bonds. The van der Waals surface area contributed by atoms with E-state index in [2.05, 4.69) is 208 Å². The Morgan fingerprint density at radius 1 is 0.534 bits per heavy atom. The van der Waals surface area contributed by atoms with Crippen LogP contribution in [-0.2, 0) is 10.8 Å². The first-order valence-corrected chi connectivity index (χ1v) is 20.8. The number of nitrogens with zero attached hydrogens (tertiary/aromatic N) is 1. The monoisotopic (exact) mass is 749 g/mol. The van der Waals surface area contributed by atoms with E-state index in [4.69, 9.17) is 4.99 Å². The van der Waals surface area contributed by atoms with Crippen molar-refractivity contribution in [2.75, 3.05) is 0 Å². The van der Waals surface area contributed by atoms with Crippen molar-refractivity contribution in [1.29, 1.82) is 0 Å². The molecule has 1 aliphatic heterocycles. The highest BCUT2D eigenvalue weighted by Gasteiger charge is 2.43.